The molecule has 1 unspecified atom stereocenters. The van der Waals surface area contributed by atoms with E-state index in [4.69, 9.17) is 10.3 Å². The highest BCUT2D eigenvalue weighted by Crippen LogP contribution is 2.17. The quantitative estimate of drug-likeness (QED) is 0.832. The minimum atomic E-state index is 0.626. The lowest BCUT2D eigenvalue weighted by molar-refractivity contribution is 0.153. The standard InChI is InChI=1S/C13H24N4O/c1-2-3-6-12-15-13(18-16-12)10-17-7-4-5-11(8-14)9-17/h11H,2-10,14H2,1H3. The average molecular weight is 252 g/mol. The summed E-state index contributed by atoms with van der Waals surface area (Å²) in [5.41, 5.74) is 5.74. The first-order chi connectivity index (χ1) is 8.81. The summed E-state index contributed by atoms with van der Waals surface area (Å²) in [7, 11) is 0. The Hall–Kier alpha value is -0.940. The molecule has 0 aliphatic carbocycles. The van der Waals surface area contributed by atoms with Crippen molar-refractivity contribution in [1.82, 2.24) is 15.0 Å². The molecule has 18 heavy (non-hydrogen) atoms. The smallest absolute Gasteiger partial charge is 0.240 e. The number of hydrogen-bond donors (Lipinski definition) is 1. The predicted octanol–water partition coefficient (Wildman–Crippen LogP) is 1.58. The molecule has 1 aliphatic heterocycles. The first-order valence-electron chi connectivity index (χ1n) is 7.05. The van der Waals surface area contributed by atoms with Gasteiger partial charge in [0.1, 0.15) is 0 Å². The maximum absolute atomic E-state index is 5.74. The van der Waals surface area contributed by atoms with Gasteiger partial charge in [0.05, 0.1) is 6.54 Å². The van der Waals surface area contributed by atoms with Crippen LogP contribution in [0.3, 0.4) is 0 Å². The van der Waals surface area contributed by atoms with Crippen molar-refractivity contribution in [2.45, 2.75) is 45.6 Å². The van der Waals surface area contributed by atoms with Gasteiger partial charge in [0, 0.05) is 13.0 Å². The van der Waals surface area contributed by atoms with E-state index in [0.717, 1.165) is 57.2 Å². The lowest BCUT2D eigenvalue weighted by Crippen LogP contribution is -2.37. The third-order valence-electron chi connectivity index (χ3n) is 3.56. The molecule has 2 rings (SSSR count). The zero-order chi connectivity index (χ0) is 12.8. The molecule has 1 atom stereocenters. The number of nitrogens with two attached hydrogens (primary N) is 1. The summed E-state index contributed by atoms with van der Waals surface area (Å²) in [6.07, 6.45) is 5.68. The summed E-state index contributed by atoms with van der Waals surface area (Å²) in [4.78, 5) is 6.82. The summed E-state index contributed by atoms with van der Waals surface area (Å²) in [5, 5.41) is 4.02. The number of unbranched alkanes of at least 4 members (excludes halogenated alkanes) is 1. The lowest BCUT2D eigenvalue weighted by Gasteiger charge is -2.30. The number of nitrogens with zero attached hydrogens (tertiary/aromatic N) is 3. The monoisotopic (exact) mass is 252 g/mol. The van der Waals surface area contributed by atoms with Crippen LogP contribution >= 0.6 is 0 Å². The average Bonchev–Trinajstić information content (AvgIpc) is 2.84. The Balaban J connectivity index is 1.83. The van der Waals surface area contributed by atoms with Gasteiger partial charge >= 0.3 is 0 Å². The second kappa shape index (κ2) is 6.85. The maximum atomic E-state index is 5.74. The number of hydrogen-bond acceptors (Lipinski definition) is 5. The third kappa shape index (κ3) is 3.78. The van der Waals surface area contributed by atoms with Crippen LogP contribution in [-0.2, 0) is 13.0 Å². The molecule has 1 aromatic heterocycles. The van der Waals surface area contributed by atoms with Crippen LogP contribution in [0.4, 0.5) is 0 Å². The number of aromatic nitrogens is 2. The molecule has 0 amide bonds. The normalized spacial score (nSPS) is 21.3. The number of rotatable bonds is 6. The van der Waals surface area contributed by atoms with Gasteiger partial charge in [-0.25, -0.2) is 0 Å². The van der Waals surface area contributed by atoms with Gasteiger partial charge in [-0.2, -0.15) is 4.98 Å². The Morgan fingerprint density at radius 2 is 2.39 bits per heavy atom. The molecule has 0 saturated carbocycles. The maximum Gasteiger partial charge on any atom is 0.240 e. The highest BCUT2D eigenvalue weighted by Gasteiger charge is 2.20. The van der Waals surface area contributed by atoms with E-state index >= 15 is 0 Å². The zero-order valence-corrected chi connectivity index (χ0v) is 11.3. The van der Waals surface area contributed by atoms with Crippen LogP contribution in [-0.4, -0.2) is 34.7 Å². The molecule has 2 heterocycles. The minimum Gasteiger partial charge on any atom is -0.338 e. The molecule has 0 spiro atoms. The molecule has 1 aliphatic rings. The van der Waals surface area contributed by atoms with E-state index in [1.54, 1.807) is 0 Å². The number of piperidine rings is 1. The second-order valence-corrected chi connectivity index (χ2v) is 5.19. The largest absolute Gasteiger partial charge is 0.338 e. The second-order valence-electron chi connectivity index (χ2n) is 5.19. The lowest BCUT2D eigenvalue weighted by atomic mass is 9.98. The third-order valence-corrected chi connectivity index (χ3v) is 3.56. The molecule has 1 aromatic rings. The van der Waals surface area contributed by atoms with Crippen LogP contribution in [0.15, 0.2) is 4.52 Å². The van der Waals surface area contributed by atoms with Crippen molar-refractivity contribution in [3.8, 4) is 0 Å². The summed E-state index contributed by atoms with van der Waals surface area (Å²) >= 11 is 0. The van der Waals surface area contributed by atoms with E-state index in [0.29, 0.717) is 5.92 Å². The van der Waals surface area contributed by atoms with Crippen molar-refractivity contribution >= 4 is 0 Å². The number of aryl methyl sites for hydroxylation is 1. The highest BCUT2D eigenvalue weighted by molar-refractivity contribution is 4.87. The van der Waals surface area contributed by atoms with Gasteiger partial charge in [0.2, 0.25) is 5.89 Å². The van der Waals surface area contributed by atoms with Crippen LogP contribution in [0.2, 0.25) is 0 Å². The molecule has 2 N–H and O–H groups in total. The van der Waals surface area contributed by atoms with Gasteiger partial charge in [-0.05, 0) is 38.3 Å². The topological polar surface area (TPSA) is 68.2 Å². The van der Waals surface area contributed by atoms with Crippen molar-refractivity contribution in [3.05, 3.63) is 11.7 Å². The molecule has 0 radical (unpaired) electrons. The van der Waals surface area contributed by atoms with E-state index in [-0.39, 0.29) is 0 Å². The minimum absolute atomic E-state index is 0.626. The van der Waals surface area contributed by atoms with Gasteiger partial charge in [0.25, 0.3) is 0 Å². The van der Waals surface area contributed by atoms with E-state index < -0.39 is 0 Å². The van der Waals surface area contributed by atoms with Crippen molar-refractivity contribution in [2.75, 3.05) is 19.6 Å². The predicted molar refractivity (Wildman–Crippen MR) is 70.0 cm³/mol. The molecule has 5 heteroatoms. The summed E-state index contributed by atoms with van der Waals surface area (Å²) in [6.45, 7) is 5.89. The van der Waals surface area contributed by atoms with Crippen molar-refractivity contribution in [2.24, 2.45) is 11.7 Å². The van der Waals surface area contributed by atoms with Crippen molar-refractivity contribution in [3.63, 3.8) is 0 Å². The zero-order valence-electron chi connectivity index (χ0n) is 11.3. The summed E-state index contributed by atoms with van der Waals surface area (Å²) in [6, 6.07) is 0. The Morgan fingerprint density at radius 3 is 3.17 bits per heavy atom. The molecule has 1 saturated heterocycles. The van der Waals surface area contributed by atoms with Crippen molar-refractivity contribution in [1.29, 1.82) is 0 Å². The fourth-order valence-electron chi connectivity index (χ4n) is 2.47. The van der Waals surface area contributed by atoms with Crippen LogP contribution in [0.25, 0.3) is 0 Å². The Kier molecular flexibility index (Phi) is 5.13. The highest BCUT2D eigenvalue weighted by atomic mass is 16.5. The Bertz CT molecular complexity index is 353. The fraction of sp³-hybridized carbons (Fsp3) is 0.846. The molecule has 102 valence electrons. The van der Waals surface area contributed by atoms with Crippen molar-refractivity contribution < 1.29 is 4.52 Å². The van der Waals surface area contributed by atoms with Crippen LogP contribution in [0, 0.1) is 5.92 Å². The molecule has 5 nitrogen and oxygen atoms in total. The van der Waals surface area contributed by atoms with E-state index in [1.165, 1.54) is 12.8 Å². The van der Waals surface area contributed by atoms with Gasteiger partial charge in [-0.3, -0.25) is 4.90 Å². The molecule has 0 aromatic carbocycles. The molecule has 0 bridgehead atoms. The van der Waals surface area contributed by atoms with Crippen LogP contribution in [0.5, 0.6) is 0 Å². The van der Waals surface area contributed by atoms with Gasteiger partial charge in [0.15, 0.2) is 5.82 Å². The summed E-state index contributed by atoms with van der Waals surface area (Å²) < 4.78 is 5.30. The van der Waals surface area contributed by atoms with Gasteiger partial charge in [-0.15, -0.1) is 0 Å². The van der Waals surface area contributed by atoms with E-state index in [2.05, 4.69) is 22.0 Å². The van der Waals surface area contributed by atoms with E-state index in [9.17, 15) is 0 Å². The van der Waals surface area contributed by atoms with Gasteiger partial charge < -0.3 is 10.3 Å². The molecular weight excluding hydrogens is 228 g/mol. The first kappa shape index (κ1) is 13.5. The van der Waals surface area contributed by atoms with Crippen LogP contribution in [0.1, 0.15) is 44.3 Å². The van der Waals surface area contributed by atoms with Gasteiger partial charge in [-0.1, -0.05) is 18.5 Å². The Morgan fingerprint density at radius 1 is 1.50 bits per heavy atom. The van der Waals surface area contributed by atoms with Crippen LogP contribution < -0.4 is 5.73 Å². The van der Waals surface area contributed by atoms with E-state index in [1.807, 2.05) is 0 Å². The first-order valence-corrected chi connectivity index (χ1v) is 7.05. The Labute approximate surface area is 109 Å². The SMILES string of the molecule is CCCCc1noc(CN2CCCC(CN)C2)n1. The number of likely N-dealkylation sites (tertiary alicyclic amines) is 1. The summed E-state index contributed by atoms with van der Waals surface area (Å²) in [5.74, 6) is 2.22. The molecule has 1 fully saturated rings. The fourth-order valence-corrected chi connectivity index (χ4v) is 2.47. The molecular formula is C13H24N4O.